The van der Waals surface area contributed by atoms with Gasteiger partial charge in [-0.15, -0.1) is 0 Å². The van der Waals surface area contributed by atoms with Crippen molar-refractivity contribution in [2.24, 2.45) is 4.99 Å². The van der Waals surface area contributed by atoms with Crippen LogP contribution in [-0.4, -0.2) is 19.5 Å². The van der Waals surface area contributed by atoms with Crippen LogP contribution in [0.25, 0.3) is 0 Å². The molecule has 0 unspecified atom stereocenters. The molecule has 1 aliphatic heterocycles. The van der Waals surface area contributed by atoms with Crippen molar-refractivity contribution in [1.82, 2.24) is 0 Å². The van der Waals surface area contributed by atoms with E-state index in [0.29, 0.717) is 0 Å². The van der Waals surface area contributed by atoms with E-state index in [1.54, 1.807) is 7.11 Å². The topological polar surface area (TPSA) is 33.6 Å². The molecule has 1 aliphatic rings. The van der Waals surface area contributed by atoms with Crippen LogP contribution >= 0.6 is 11.6 Å². The van der Waals surface area contributed by atoms with E-state index in [0.717, 1.165) is 47.2 Å². The van der Waals surface area contributed by atoms with Crippen molar-refractivity contribution in [2.45, 2.75) is 19.8 Å². The van der Waals surface area contributed by atoms with Gasteiger partial charge >= 0.3 is 0 Å². The summed E-state index contributed by atoms with van der Waals surface area (Å²) in [5.74, 6) is 1.78. The number of nitrogens with one attached hydrogen (secondary N) is 1. The summed E-state index contributed by atoms with van der Waals surface area (Å²) in [5, 5.41) is 4.01. The average molecular weight is 239 g/mol. The third-order valence-electron chi connectivity index (χ3n) is 2.63. The average Bonchev–Trinajstić information content (AvgIpc) is 2.76. The summed E-state index contributed by atoms with van der Waals surface area (Å²) in [5.41, 5.74) is 1.97. The second kappa shape index (κ2) is 4.74. The predicted octanol–water partition coefficient (Wildman–Crippen LogP) is 3.26. The van der Waals surface area contributed by atoms with Crippen LogP contribution in [-0.2, 0) is 0 Å². The van der Waals surface area contributed by atoms with Gasteiger partial charge in [-0.25, -0.2) is 0 Å². The lowest BCUT2D eigenvalue weighted by Gasteiger charge is -2.12. The van der Waals surface area contributed by atoms with Crippen LogP contribution in [0.15, 0.2) is 17.1 Å². The predicted molar refractivity (Wildman–Crippen MR) is 67.9 cm³/mol. The van der Waals surface area contributed by atoms with E-state index in [2.05, 4.69) is 10.3 Å². The molecule has 1 heterocycles. The lowest BCUT2D eigenvalue weighted by Crippen LogP contribution is -2.09. The molecular formula is C12H15ClN2O. The second-order valence-electron chi connectivity index (χ2n) is 3.86. The lowest BCUT2D eigenvalue weighted by atomic mass is 10.2. The molecule has 1 N–H and O–H groups in total. The minimum atomic E-state index is 0.718. The Morgan fingerprint density at radius 3 is 2.88 bits per heavy atom. The quantitative estimate of drug-likeness (QED) is 0.858. The molecule has 0 bridgehead atoms. The minimum Gasteiger partial charge on any atom is -0.495 e. The molecule has 1 aromatic rings. The molecule has 86 valence electrons. The maximum absolute atomic E-state index is 6.04. The molecule has 1 aromatic carbocycles. The fraction of sp³-hybridized carbons (Fsp3) is 0.417. The molecule has 3 nitrogen and oxygen atoms in total. The first-order valence-electron chi connectivity index (χ1n) is 5.35. The molecule has 2 rings (SSSR count). The first kappa shape index (κ1) is 11.3. The summed E-state index contributed by atoms with van der Waals surface area (Å²) in [6, 6.07) is 3.82. The number of aliphatic imine (C=N–C) groups is 1. The number of aryl methyl sites for hydroxylation is 1. The second-order valence-corrected chi connectivity index (χ2v) is 4.27. The third-order valence-corrected chi connectivity index (χ3v) is 3.04. The Balaban J connectivity index is 2.27. The molecule has 0 saturated carbocycles. The summed E-state index contributed by atoms with van der Waals surface area (Å²) in [6.07, 6.45) is 2.13. The van der Waals surface area contributed by atoms with Crippen LogP contribution in [0, 0.1) is 6.92 Å². The number of hydrogen-bond acceptors (Lipinski definition) is 3. The molecule has 4 heteroatoms. The number of halogens is 1. The smallest absolute Gasteiger partial charge is 0.143 e. The Hall–Kier alpha value is -1.22. The Morgan fingerprint density at radius 2 is 2.25 bits per heavy atom. The monoisotopic (exact) mass is 238 g/mol. The summed E-state index contributed by atoms with van der Waals surface area (Å²) in [4.78, 5) is 4.38. The van der Waals surface area contributed by atoms with Gasteiger partial charge in [-0.3, -0.25) is 4.99 Å². The Morgan fingerprint density at radius 1 is 1.44 bits per heavy atom. The van der Waals surface area contributed by atoms with Crippen LogP contribution in [0.2, 0.25) is 5.02 Å². The van der Waals surface area contributed by atoms with Crippen LogP contribution in [0.5, 0.6) is 5.75 Å². The summed E-state index contributed by atoms with van der Waals surface area (Å²) < 4.78 is 5.29. The van der Waals surface area contributed by atoms with Crippen LogP contribution in [0.3, 0.4) is 0 Å². The van der Waals surface area contributed by atoms with Crippen molar-refractivity contribution in [3.8, 4) is 5.75 Å². The highest BCUT2D eigenvalue weighted by Crippen LogP contribution is 2.31. The van der Waals surface area contributed by atoms with E-state index in [9.17, 15) is 0 Å². The zero-order valence-corrected chi connectivity index (χ0v) is 10.3. The summed E-state index contributed by atoms with van der Waals surface area (Å²) in [6.45, 7) is 2.89. The van der Waals surface area contributed by atoms with Crippen molar-refractivity contribution in [3.05, 3.63) is 22.7 Å². The normalized spacial score (nSPS) is 14.8. The SMILES string of the molecule is COc1cc(Cl)c(C)cc1NC1=NCCC1. The first-order valence-corrected chi connectivity index (χ1v) is 5.73. The van der Waals surface area contributed by atoms with E-state index >= 15 is 0 Å². The van der Waals surface area contributed by atoms with Crippen molar-refractivity contribution >= 4 is 23.1 Å². The van der Waals surface area contributed by atoms with E-state index < -0.39 is 0 Å². The third kappa shape index (κ3) is 2.30. The number of amidine groups is 1. The van der Waals surface area contributed by atoms with E-state index in [1.165, 1.54) is 0 Å². The summed E-state index contributed by atoms with van der Waals surface area (Å²) in [7, 11) is 1.64. The zero-order valence-electron chi connectivity index (χ0n) is 9.51. The highest BCUT2D eigenvalue weighted by Gasteiger charge is 2.11. The van der Waals surface area contributed by atoms with Gasteiger partial charge in [0.05, 0.1) is 12.8 Å². The van der Waals surface area contributed by atoms with Crippen LogP contribution < -0.4 is 10.1 Å². The fourth-order valence-electron chi connectivity index (χ4n) is 1.73. The fourth-order valence-corrected chi connectivity index (χ4v) is 1.88. The van der Waals surface area contributed by atoms with Crippen molar-refractivity contribution in [1.29, 1.82) is 0 Å². The van der Waals surface area contributed by atoms with Gasteiger partial charge in [-0.1, -0.05) is 11.6 Å². The van der Waals surface area contributed by atoms with E-state index in [4.69, 9.17) is 16.3 Å². The molecular weight excluding hydrogens is 224 g/mol. The highest BCUT2D eigenvalue weighted by molar-refractivity contribution is 6.31. The standard InChI is InChI=1S/C12H15ClN2O/c1-8-6-10(11(16-2)7-9(8)13)15-12-4-3-5-14-12/h6-7H,3-5H2,1-2H3,(H,14,15). The van der Waals surface area contributed by atoms with E-state index in [-0.39, 0.29) is 0 Å². The number of anilines is 1. The van der Waals surface area contributed by atoms with Crippen LogP contribution in [0.4, 0.5) is 5.69 Å². The zero-order chi connectivity index (χ0) is 11.5. The number of nitrogens with zero attached hydrogens (tertiary/aromatic N) is 1. The Kier molecular flexibility index (Phi) is 3.34. The van der Waals surface area contributed by atoms with Crippen LogP contribution in [0.1, 0.15) is 18.4 Å². The number of methoxy groups -OCH3 is 1. The Bertz CT molecular complexity index is 429. The largest absolute Gasteiger partial charge is 0.495 e. The molecule has 0 spiro atoms. The maximum atomic E-state index is 6.04. The number of rotatable bonds is 2. The molecule has 0 aromatic heterocycles. The van der Waals surface area contributed by atoms with Gasteiger partial charge in [0, 0.05) is 24.1 Å². The molecule has 0 atom stereocenters. The van der Waals surface area contributed by atoms with Gasteiger partial charge in [-0.05, 0) is 25.0 Å². The van der Waals surface area contributed by atoms with Gasteiger partial charge in [0.25, 0.3) is 0 Å². The Labute approximate surface area is 100 Å². The van der Waals surface area contributed by atoms with Gasteiger partial charge in [0.15, 0.2) is 0 Å². The molecule has 0 radical (unpaired) electrons. The van der Waals surface area contributed by atoms with Gasteiger partial charge in [-0.2, -0.15) is 0 Å². The number of benzene rings is 1. The number of ether oxygens (including phenoxy) is 1. The van der Waals surface area contributed by atoms with Crippen molar-refractivity contribution in [2.75, 3.05) is 19.0 Å². The number of hydrogen-bond donors (Lipinski definition) is 1. The first-order chi connectivity index (χ1) is 7.70. The van der Waals surface area contributed by atoms with E-state index in [1.807, 2.05) is 19.1 Å². The van der Waals surface area contributed by atoms with Gasteiger partial charge in [0.1, 0.15) is 11.6 Å². The molecule has 0 saturated heterocycles. The van der Waals surface area contributed by atoms with Gasteiger partial charge < -0.3 is 10.1 Å². The van der Waals surface area contributed by atoms with Crippen molar-refractivity contribution < 1.29 is 4.74 Å². The molecule has 0 amide bonds. The molecule has 16 heavy (non-hydrogen) atoms. The molecule has 0 aliphatic carbocycles. The minimum absolute atomic E-state index is 0.718. The maximum Gasteiger partial charge on any atom is 0.143 e. The summed E-state index contributed by atoms with van der Waals surface area (Å²) >= 11 is 6.04. The van der Waals surface area contributed by atoms with Crippen molar-refractivity contribution in [3.63, 3.8) is 0 Å². The highest BCUT2D eigenvalue weighted by atomic mass is 35.5. The van der Waals surface area contributed by atoms with Gasteiger partial charge in [0.2, 0.25) is 0 Å². The lowest BCUT2D eigenvalue weighted by molar-refractivity contribution is 0.417. The molecule has 0 fully saturated rings.